The van der Waals surface area contributed by atoms with Crippen LogP contribution in [0.1, 0.15) is 41.5 Å². The number of anilines is 2. The quantitative estimate of drug-likeness (QED) is 0.183. The van der Waals surface area contributed by atoms with Gasteiger partial charge in [0, 0.05) is 11.4 Å². The van der Waals surface area contributed by atoms with E-state index in [-0.39, 0.29) is 0 Å². The second-order valence-corrected chi connectivity index (χ2v) is 11.4. The van der Waals surface area contributed by atoms with E-state index in [0.29, 0.717) is 88.9 Å². The first-order valence-electron chi connectivity index (χ1n) is 14.7. The molecule has 0 saturated heterocycles. The highest BCUT2D eigenvalue weighted by atomic mass is 16.6. The topological polar surface area (TPSA) is 132 Å². The summed E-state index contributed by atoms with van der Waals surface area (Å²) in [4.78, 5) is 23.6. The highest BCUT2D eigenvalue weighted by molar-refractivity contribution is 5.85. The van der Waals surface area contributed by atoms with Gasteiger partial charge in [0.25, 0.3) is 0 Å². The van der Waals surface area contributed by atoms with Gasteiger partial charge in [0.05, 0.1) is 52.9 Å². The van der Waals surface area contributed by atoms with Crippen molar-refractivity contribution in [2.45, 2.75) is 52.7 Å². The van der Waals surface area contributed by atoms with E-state index in [2.05, 4.69) is 10.6 Å². The van der Waals surface area contributed by atoms with E-state index in [1.54, 1.807) is 48.5 Å². The Kier molecular flexibility index (Phi) is 16.3. The van der Waals surface area contributed by atoms with Crippen LogP contribution in [-0.4, -0.2) is 89.5 Å². The number of hydrogen-bond acceptors (Lipinski definition) is 10. The van der Waals surface area contributed by atoms with Crippen molar-refractivity contribution < 1.29 is 47.5 Å². The molecule has 12 nitrogen and oxygen atoms in total. The normalized spacial score (nSPS) is 11.5. The van der Waals surface area contributed by atoms with Crippen LogP contribution in [0, 0.1) is 0 Å². The highest BCUT2D eigenvalue weighted by Gasteiger charge is 2.17. The Hall–Kier alpha value is -3.58. The van der Waals surface area contributed by atoms with E-state index in [0.717, 1.165) is 0 Å². The molecule has 0 aliphatic rings. The van der Waals surface area contributed by atoms with E-state index in [1.807, 2.05) is 41.5 Å². The van der Waals surface area contributed by atoms with Gasteiger partial charge in [-0.3, -0.25) is 10.6 Å². The van der Waals surface area contributed by atoms with Gasteiger partial charge in [-0.1, -0.05) is 0 Å². The Labute approximate surface area is 260 Å². The number of amides is 2. The fourth-order valence-electron chi connectivity index (χ4n) is 3.31. The van der Waals surface area contributed by atoms with Crippen molar-refractivity contribution in [3.05, 3.63) is 48.5 Å². The Balaban J connectivity index is 1.36. The molecule has 2 aromatic carbocycles. The average Bonchev–Trinajstić information content (AvgIpc) is 2.92. The summed E-state index contributed by atoms with van der Waals surface area (Å²) in [7, 11) is 0. The van der Waals surface area contributed by atoms with Crippen LogP contribution in [0.5, 0.6) is 11.5 Å². The molecule has 0 fully saturated rings. The maximum Gasteiger partial charge on any atom is 0.412 e. The average molecular weight is 621 g/mol. The summed E-state index contributed by atoms with van der Waals surface area (Å²) in [5.74, 6) is 1.35. The van der Waals surface area contributed by atoms with Crippen LogP contribution >= 0.6 is 0 Å². The van der Waals surface area contributed by atoms with Gasteiger partial charge < -0.3 is 37.9 Å². The molecule has 2 N–H and O–H groups in total. The lowest BCUT2D eigenvalue weighted by Crippen LogP contribution is -2.27. The summed E-state index contributed by atoms with van der Waals surface area (Å²) >= 11 is 0. The van der Waals surface area contributed by atoms with Crippen molar-refractivity contribution in [2.75, 3.05) is 76.7 Å². The SMILES string of the molecule is CC(C)(C)OC(=O)Nc1ccc(OCCOCCOCCOCCOCCOc2ccc(NC(=O)OC(C)(C)C)cc2)cc1. The molecule has 0 aromatic heterocycles. The molecule has 2 aromatic rings. The second-order valence-electron chi connectivity index (χ2n) is 11.4. The first-order chi connectivity index (χ1) is 20.9. The third-order valence-corrected chi connectivity index (χ3v) is 5.11. The number of rotatable bonds is 19. The van der Waals surface area contributed by atoms with Crippen molar-refractivity contribution in [3.8, 4) is 11.5 Å². The predicted octanol–water partition coefficient (Wildman–Crippen LogP) is 5.90. The van der Waals surface area contributed by atoms with Gasteiger partial charge in [0.1, 0.15) is 35.9 Å². The lowest BCUT2D eigenvalue weighted by atomic mass is 10.2. The molecule has 0 spiro atoms. The van der Waals surface area contributed by atoms with Crippen LogP contribution in [0.3, 0.4) is 0 Å². The minimum absolute atomic E-state index is 0.395. The van der Waals surface area contributed by atoms with Gasteiger partial charge in [-0.05, 0) is 90.1 Å². The fraction of sp³-hybridized carbons (Fsp3) is 0.562. The zero-order valence-corrected chi connectivity index (χ0v) is 26.8. The van der Waals surface area contributed by atoms with Crippen molar-refractivity contribution in [2.24, 2.45) is 0 Å². The van der Waals surface area contributed by atoms with Crippen LogP contribution in [0.4, 0.5) is 21.0 Å². The van der Waals surface area contributed by atoms with Gasteiger partial charge in [-0.2, -0.15) is 0 Å². The van der Waals surface area contributed by atoms with Gasteiger partial charge in [-0.25, -0.2) is 9.59 Å². The molecule has 0 aliphatic carbocycles. The molecular formula is C32H48N2O10. The third-order valence-electron chi connectivity index (χ3n) is 5.11. The zero-order chi connectivity index (χ0) is 32.3. The van der Waals surface area contributed by atoms with Crippen LogP contribution in [0.2, 0.25) is 0 Å². The minimum Gasteiger partial charge on any atom is -0.491 e. The number of benzene rings is 2. The highest BCUT2D eigenvalue weighted by Crippen LogP contribution is 2.18. The zero-order valence-electron chi connectivity index (χ0n) is 26.8. The molecule has 246 valence electrons. The fourth-order valence-corrected chi connectivity index (χ4v) is 3.31. The van der Waals surface area contributed by atoms with Crippen molar-refractivity contribution in [1.82, 2.24) is 0 Å². The molecule has 44 heavy (non-hydrogen) atoms. The van der Waals surface area contributed by atoms with E-state index >= 15 is 0 Å². The largest absolute Gasteiger partial charge is 0.491 e. The molecular weight excluding hydrogens is 572 g/mol. The van der Waals surface area contributed by atoms with Crippen LogP contribution in [0.25, 0.3) is 0 Å². The molecule has 2 amide bonds. The molecule has 0 radical (unpaired) electrons. The smallest absolute Gasteiger partial charge is 0.412 e. The van der Waals surface area contributed by atoms with Crippen molar-refractivity contribution in [1.29, 1.82) is 0 Å². The summed E-state index contributed by atoms with van der Waals surface area (Å²) in [5.41, 5.74) is 0.140. The second kappa shape index (κ2) is 19.6. The lowest BCUT2D eigenvalue weighted by molar-refractivity contribution is -0.00698. The lowest BCUT2D eigenvalue weighted by Gasteiger charge is -2.19. The molecule has 0 heterocycles. The van der Waals surface area contributed by atoms with Crippen LogP contribution in [-0.2, 0) is 28.4 Å². The minimum atomic E-state index is -0.553. The van der Waals surface area contributed by atoms with Gasteiger partial charge in [0.15, 0.2) is 0 Å². The van der Waals surface area contributed by atoms with Crippen molar-refractivity contribution >= 4 is 23.6 Å². The molecule has 0 atom stereocenters. The van der Waals surface area contributed by atoms with Crippen LogP contribution < -0.4 is 20.1 Å². The Bertz CT molecular complexity index is 993. The van der Waals surface area contributed by atoms with E-state index < -0.39 is 23.4 Å². The van der Waals surface area contributed by atoms with Gasteiger partial charge >= 0.3 is 12.2 Å². The molecule has 0 saturated carbocycles. The summed E-state index contributed by atoms with van der Waals surface area (Å²) in [6.07, 6.45) is -1.00. The van der Waals surface area contributed by atoms with E-state index in [4.69, 9.17) is 37.9 Å². The standard InChI is InChI=1S/C32H48N2O10/c1-31(2,3)43-29(35)33-25-7-11-27(12-8-25)41-23-21-39-19-17-37-15-16-38-18-20-40-22-24-42-28-13-9-26(10-14-28)34-30(36)44-32(4,5)6/h7-14H,15-24H2,1-6H3,(H,33,35)(H,34,36). The van der Waals surface area contributed by atoms with Gasteiger partial charge in [0.2, 0.25) is 0 Å². The number of carbonyl (C=O) groups is 2. The number of nitrogens with one attached hydrogen (secondary N) is 2. The number of ether oxygens (including phenoxy) is 8. The Morgan fingerprint density at radius 1 is 0.477 bits per heavy atom. The van der Waals surface area contributed by atoms with Crippen molar-refractivity contribution in [3.63, 3.8) is 0 Å². The first kappa shape index (κ1) is 36.6. The maximum atomic E-state index is 11.8. The summed E-state index contributed by atoms with van der Waals surface area (Å²) in [6, 6.07) is 14.0. The molecule has 0 unspecified atom stereocenters. The molecule has 2 rings (SSSR count). The number of hydrogen-bond donors (Lipinski definition) is 2. The maximum absolute atomic E-state index is 11.8. The summed E-state index contributed by atoms with van der Waals surface area (Å²) in [5, 5.41) is 5.35. The summed E-state index contributed by atoms with van der Waals surface area (Å²) in [6.45, 7) is 15.3. The predicted molar refractivity (Wildman–Crippen MR) is 167 cm³/mol. The summed E-state index contributed by atoms with van der Waals surface area (Å²) < 4.78 is 43.7. The monoisotopic (exact) mass is 620 g/mol. The number of carbonyl (C=O) groups excluding carboxylic acids is 2. The Morgan fingerprint density at radius 3 is 1.02 bits per heavy atom. The Morgan fingerprint density at radius 2 is 0.750 bits per heavy atom. The molecule has 0 bridgehead atoms. The van der Waals surface area contributed by atoms with E-state index in [1.165, 1.54) is 0 Å². The van der Waals surface area contributed by atoms with Crippen LogP contribution in [0.15, 0.2) is 48.5 Å². The third kappa shape index (κ3) is 18.9. The van der Waals surface area contributed by atoms with Gasteiger partial charge in [-0.15, -0.1) is 0 Å². The molecule has 0 aliphatic heterocycles. The van der Waals surface area contributed by atoms with E-state index in [9.17, 15) is 9.59 Å². The first-order valence-corrected chi connectivity index (χ1v) is 14.7. The molecule has 12 heteroatoms.